The van der Waals surface area contributed by atoms with Crippen LogP contribution in [0.2, 0.25) is 0 Å². The Bertz CT molecular complexity index is 204. The fraction of sp³-hybridized carbons (Fsp3) is 0.500. The average molecular weight is 178 g/mol. The molecule has 0 aliphatic rings. The van der Waals surface area contributed by atoms with E-state index in [1.165, 1.54) is 0 Å². The van der Waals surface area contributed by atoms with Crippen LogP contribution in [0.3, 0.4) is 0 Å². The molecule has 1 aromatic heterocycles. The summed E-state index contributed by atoms with van der Waals surface area (Å²) in [7, 11) is 0. The van der Waals surface area contributed by atoms with Crippen molar-refractivity contribution in [2.45, 2.75) is 13.5 Å². The van der Waals surface area contributed by atoms with Gasteiger partial charge in [-0.25, -0.2) is 0 Å². The van der Waals surface area contributed by atoms with Gasteiger partial charge in [0.15, 0.2) is 0 Å². The second-order valence-electron chi connectivity index (χ2n) is 2.16. The Morgan fingerprint density at radius 2 is 2.36 bits per heavy atom. The molecule has 5 heteroatoms. The lowest BCUT2D eigenvalue weighted by molar-refractivity contribution is 0.269. The highest BCUT2D eigenvalue weighted by molar-refractivity contribution is 5.85. The van der Waals surface area contributed by atoms with Crippen molar-refractivity contribution in [1.82, 2.24) is 9.78 Å². The van der Waals surface area contributed by atoms with Crippen molar-refractivity contribution in [2.24, 2.45) is 0 Å². The van der Waals surface area contributed by atoms with E-state index in [0.717, 1.165) is 5.69 Å². The minimum absolute atomic E-state index is 0. The van der Waals surface area contributed by atoms with Crippen LogP contribution >= 0.6 is 12.4 Å². The van der Waals surface area contributed by atoms with Gasteiger partial charge in [-0.2, -0.15) is 5.10 Å². The molecule has 0 unspecified atom stereocenters. The lowest BCUT2D eigenvalue weighted by Crippen LogP contribution is -2.02. The predicted octanol–water partition coefficient (Wildman–Crippen LogP) is 0.188. The quantitative estimate of drug-likeness (QED) is 0.678. The Balaban J connectivity index is 0.000001000. The third-order valence-corrected chi connectivity index (χ3v) is 1.31. The van der Waals surface area contributed by atoms with Gasteiger partial charge in [0.2, 0.25) is 0 Å². The largest absolute Gasteiger partial charge is 0.396 e. The van der Waals surface area contributed by atoms with Gasteiger partial charge in [-0.1, -0.05) is 0 Å². The van der Waals surface area contributed by atoms with E-state index in [1.807, 2.05) is 6.92 Å². The summed E-state index contributed by atoms with van der Waals surface area (Å²) in [5, 5.41) is 12.5. The number of aliphatic hydroxyl groups excluding tert-OH is 1. The normalized spacial score (nSPS) is 9.27. The third-order valence-electron chi connectivity index (χ3n) is 1.31. The standard InChI is InChI=1S/C6H11N3O.ClH/c1-5-6(7)4-9(8-5)2-3-10;/h4,10H,2-3,7H2,1H3;1H. The van der Waals surface area contributed by atoms with Gasteiger partial charge in [-0.15, -0.1) is 12.4 Å². The summed E-state index contributed by atoms with van der Waals surface area (Å²) in [6, 6.07) is 0. The second-order valence-corrected chi connectivity index (χ2v) is 2.16. The van der Waals surface area contributed by atoms with Gasteiger partial charge in [0.1, 0.15) is 0 Å². The maximum atomic E-state index is 8.52. The Morgan fingerprint density at radius 1 is 1.73 bits per heavy atom. The maximum Gasteiger partial charge on any atom is 0.0822 e. The van der Waals surface area contributed by atoms with Crippen molar-refractivity contribution in [3.05, 3.63) is 11.9 Å². The number of hydrogen-bond acceptors (Lipinski definition) is 3. The molecule has 0 aliphatic heterocycles. The molecule has 0 fully saturated rings. The number of halogens is 1. The monoisotopic (exact) mass is 177 g/mol. The van der Waals surface area contributed by atoms with E-state index >= 15 is 0 Å². The van der Waals surface area contributed by atoms with Crippen LogP contribution in [-0.4, -0.2) is 21.5 Å². The highest BCUT2D eigenvalue weighted by Gasteiger charge is 1.97. The van der Waals surface area contributed by atoms with Crippen LogP contribution in [0.1, 0.15) is 5.69 Å². The SMILES string of the molecule is Cc1nn(CCO)cc1N.Cl. The van der Waals surface area contributed by atoms with Crippen molar-refractivity contribution in [3.8, 4) is 0 Å². The van der Waals surface area contributed by atoms with Gasteiger partial charge >= 0.3 is 0 Å². The molecule has 0 saturated heterocycles. The minimum Gasteiger partial charge on any atom is -0.396 e. The zero-order valence-corrected chi connectivity index (χ0v) is 7.14. The van der Waals surface area contributed by atoms with Crippen LogP contribution in [0.25, 0.3) is 0 Å². The summed E-state index contributed by atoms with van der Waals surface area (Å²) < 4.78 is 1.63. The van der Waals surface area contributed by atoms with Crippen molar-refractivity contribution < 1.29 is 5.11 Å². The molecule has 11 heavy (non-hydrogen) atoms. The number of nitrogens with two attached hydrogens (primary N) is 1. The first-order valence-electron chi connectivity index (χ1n) is 3.14. The molecule has 0 radical (unpaired) electrons. The first-order chi connectivity index (χ1) is 4.74. The lowest BCUT2D eigenvalue weighted by Gasteiger charge is -1.93. The van der Waals surface area contributed by atoms with E-state index in [4.69, 9.17) is 10.8 Å². The summed E-state index contributed by atoms with van der Waals surface area (Å²) >= 11 is 0. The Kier molecular flexibility index (Phi) is 3.92. The molecule has 64 valence electrons. The van der Waals surface area contributed by atoms with Crippen molar-refractivity contribution in [1.29, 1.82) is 0 Å². The minimum atomic E-state index is 0. The van der Waals surface area contributed by atoms with E-state index in [-0.39, 0.29) is 19.0 Å². The zero-order valence-electron chi connectivity index (χ0n) is 6.32. The molecule has 0 saturated carbocycles. The first-order valence-corrected chi connectivity index (χ1v) is 3.14. The fourth-order valence-electron chi connectivity index (χ4n) is 0.750. The molecule has 1 aromatic rings. The number of nitrogens with zero attached hydrogens (tertiary/aromatic N) is 2. The zero-order chi connectivity index (χ0) is 7.56. The van der Waals surface area contributed by atoms with E-state index in [9.17, 15) is 0 Å². The lowest BCUT2D eigenvalue weighted by atomic mass is 10.4. The van der Waals surface area contributed by atoms with Crippen LogP contribution in [0.5, 0.6) is 0 Å². The highest BCUT2D eigenvalue weighted by Crippen LogP contribution is 2.05. The molecule has 0 amide bonds. The van der Waals surface area contributed by atoms with Crippen LogP contribution in [0.4, 0.5) is 5.69 Å². The summed E-state index contributed by atoms with van der Waals surface area (Å²) in [4.78, 5) is 0. The molecule has 0 aromatic carbocycles. The number of nitrogen functional groups attached to an aromatic ring is 1. The summed E-state index contributed by atoms with van der Waals surface area (Å²) in [5.41, 5.74) is 6.99. The number of aromatic nitrogens is 2. The van der Waals surface area contributed by atoms with Gasteiger partial charge < -0.3 is 10.8 Å². The second kappa shape index (κ2) is 4.20. The molecular formula is C6H12ClN3O. The van der Waals surface area contributed by atoms with Crippen LogP contribution < -0.4 is 5.73 Å². The number of anilines is 1. The van der Waals surface area contributed by atoms with Gasteiger partial charge in [0.25, 0.3) is 0 Å². The number of aliphatic hydroxyl groups is 1. The van der Waals surface area contributed by atoms with Crippen LogP contribution in [0, 0.1) is 6.92 Å². The fourth-order valence-corrected chi connectivity index (χ4v) is 0.750. The van der Waals surface area contributed by atoms with Crippen molar-refractivity contribution >= 4 is 18.1 Å². The Labute approximate surface area is 71.4 Å². The molecule has 1 rings (SSSR count). The number of hydrogen-bond donors (Lipinski definition) is 2. The third kappa shape index (κ3) is 2.40. The molecule has 0 spiro atoms. The molecule has 1 heterocycles. The predicted molar refractivity (Wildman–Crippen MR) is 45.7 cm³/mol. The maximum absolute atomic E-state index is 8.52. The summed E-state index contributed by atoms with van der Waals surface area (Å²) in [6.07, 6.45) is 1.71. The van der Waals surface area contributed by atoms with E-state index in [2.05, 4.69) is 5.10 Å². The molecule has 4 nitrogen and oxygen atoms in total. The van der Waals surface area contributed by atoms with E-state index < -0.39 is 0 Å². The van der Waals surface area contributed by atoms with Gasteiger partial charge in [-0.3, -0.25) is 4.68 Å². The van der Waals surface area contributed by atoms with Gasteiger partial charge in [0, 0.05) is 6.20 Å². The van der Waals surface area contributed by atoms with Gasteiger partial charge in [-0.05, 0) is 6.92 Å². The molecule has 0 aliphatic carbocycles. The van der Waals surface area contributed by atoms with Crippen molar-refractivity contribution in [2.75, 3.05) is 12.3 Å². The molecule has 0 atom stereocenters. The topological polar surface area (TPSA) is 64.1 Å². The molecular weight excluding hydrogens is 166 g/mol. The van der Waals surface area contributed by atoms with Crippen LogP contribution in [-0.2, 0) is 6.54 Å². The smallest absolute Gasteiger partial charge is 0.0822 e. The summed E-state index contributed by atoms with van der Waals surface area (Å²) in [6.45, 7) is 2.45. The van der Waals surface area contributed by atoms with E-state index in [1.54, 1.807) is 10.9 Å². The number of aryl methyl sites for hydroxylation is 1. The Hall–Kier alpha value is -0.740. The molecule has 3 N–H and O–H groups in total. The van der Waals surface area contributed by atoms with E-state index in [0.29, 0.717) is 12.2 Å². The molecule has 0 bridgehead atoms. The van der Waals surface area contributed by atoms with Gasteiger partial charge in [0.05, 0.1) is 24.5 Å². The number of rotatable bonds is 2. The van der Waals surface area contributed by atoms with Crippen molar-refractivity contribution in [3.63, 3.8) is 0 Å². The first kappa shape index (κ1) is 10.3. The van der Waals surface area contributed by atoms with Crippen LogP contribution in [0.15, 0.2) is 6.20 Å². The summed E-state index contributed by atoms with van der Waals surface area (Å²) in [5.74, 6) is 0. The highest BCUT2D eigenvalue weighted by atomic mass is 35.5. The Morgan fingerprint density at radius 3 is 2.73 bits per heavy atom. The average Bonchev–Trinajstić information content (AvgIpc) is 2.14.